The van der Waals surface area contributed by atoms with Crippen molar-refractivity contribution in [1.29, 1.82) is 0 Å². The molecule has 0 unspecified atom stereocenters. The molecule has 0 radical (unpaired) electrons. The maximum absolute atomic E-state index is 12.6. The molecule has 0 aliphatic rings. The van der Waals surface area contributed by atoms with Crippen molar-refractivity contribution >= 4 is 39.9 Å². The van der Waals surface area contributed by atoms with E-state index in [0.717, 1.165) is 5.56 Å². The number of carbonyl (C=O) groups is 2. The third-order valence-electron chi connectivity index (χ3n) is 4.80. The normalized spacial score (nSPS) is 10.6. The number of ether oxygens (including phenoxy) is 3. The highest BCUT2D eigenvalue weighted by Crippen LogP contribution is 2.38. The second-order valence-corrected chi connectivity index (χ2v) is 7.71. The Bertz CT molecular complexity index is 1310. The first-order valence-corrected chi connectivity index (χ1v) is 10.9. The minimum Gasteiger partial charge on any atom is -0.493 e. The zero-order chi connectivity index (χ0) is 24.1. The van der Waals surface area contributed by atoms with Gasteiger partial charge in [-0.1, -0.05) is 18.2 Å². The highest BCUT2D eigenvalue weighted by Gasteiger charge is 2.18. The molecule has 0 aliphatic carbocycles. The molecular weight excluding hydrogens is 458 g/mol. The first kappa shape index (κ1) is 23.0. The van der Waals surface area contributed by atoms with Gasteiger partial charge in [-0.2, -0.15) is 0 Å². The van der Waals surface area contributed by atoms with Gasteiger partial charge in [-0.05, 0) is 42.5 Å². The molecule has 34 heavy (non-hydrogen) atoms. The van der Waals surface area contributed by atoms with Crippen molar-refractivity contribution in [3.05, 3.63) is 66.2 Å². The molecule has 4 rings (SSSR count). The number of fused-ring (bicyclic) bond motifs is 1. The minimum absolute atomic E-state index is 0.275. The third-order valence-corrected chi connectivity index (χ3v) is 5.51. The Balaban J connectivity index is 1.41. The van der Waals surface area contributed by atoms with E-state index < -0.39 is 11.1 Å². The van der Waals surface area contributed by atoms with Crippen LogP contribution in [0, 0.1) is 0 Å². The van der Waals surface area contributed by atoms with Crippen LogP contribution in [0.5, 0.6) is 17.2 Å². The molecule has 4 aromatic rings. The summed E-state index contributed by atoms with van der Waals surface area (Å²) in [5, 5.41) is 2.27. The van der Waals surface area contributed by atoms with Gasteiger partial charge in [-0.25, -0.2) is 9.78 Å². The third kappa shape index (κ3) is 4.91. The van der Waals surface area contributed by atoms with Crippen molar-refractivity contribution in [3.63, 3.8) is 0 Å². The fourth-order valence-electron chi connectivity index (χ4n) is 3.22. The molecule has 0 spiro atoms. The minimum atomic E-state index is -0.572. The molecule has 0 saturated carbocycles. The number of nitrogens with zero attached hydrogens (tertiary/aromatic N) is 1. The molecule has 3 aromatic carbocycles. The van der Waals surface area contributed by atoms with Gasteiger partial charge in [0.25, 0.3) is 0 Å². The van der Waals surface area contributed by atoms with Crippen molar-refractivity contribution in [2.75, 3.05) is 26.6 Å². The van der Waals surface area contributed by atoms with Gasteiger partial charge in [0.05, 0.1) is 21.3 Å². The van der Waals surface area contributed by atoms with Crippen LogP contribution in [0.15, 0.2) is 65.1 Å². The number of methoxy groups -OCH3 is 3. The predicted molar refractivity (Wildman–Crippen MR) is 130 cm³/mol. The molecular formula is C24H21N3O6S. The number of hydrogen-bond acceptors (Lipinski definition) is 8. The van der Waals surface area contributed by atoms with Crippen LogP contribution >= 0.6 is 11.9 Å². The van der Waals surface area contributed by atoms with Crippen LogP contribution in [0.1, 0.15) is 10.4 Å². The largest absolute Gasteiger partial charge is 0.493 e. The van der Waals surface area contributed by atoms with Crippen molar-refractivity contribution in [2.45, 2.75) is 0 Å². The van der Waals surface area contributed by atoms with Gasteiger partial charge in [0.15, 0.2) is 17.1 Å². The number of nitrogens with one attached hydrogen (secondary N) is 2. The molecule has 0 aliphatic heterocycles. The van der Waals surface area contributed by atoms with E-state index in [1.54, 1.807) is 18.2 Å². The molecule has 0 saturated heterocycles. The van der Waals surface area contributed by atoms with Crippen LogP contribution in [0.4, 0.5) is 10.5 Å². The van der Waals surface area contributed by atoms with Crippen LogP contribution in [0.3, 0.4) is 0 Å². The van der Waals surface area contributed by atoms with E-state index in [-0.39, 0.29) is 5.56 Å². The van der Waals surface area contributed by atoms with Crippen LogP contribution in [-0.2, 0) is 0 Å². The lowest BCUT2D eigenvalue weighted by atomic mass is 10.2. The standard InChI is InChI=1S/C24H21N3O6S/c1-30-19-11-15(12-20(31-2)21(19)32-3)23(28)34-27-24(29)25-16-9-10-18-17(13-16)26-22(33-18)14-7-5-4-6-8-14/h4-13H,1-3H3,(H2,25,27,29). The van der Waals surface area contributed by atoms with E-state index in [0.29, 0.717) is 51.9 Å². The highest BCUT2D eigenvalue weighted by molar-refractivity contribution is 8.12. The summed E-state index contributed by atoms with van der Waals surface area (Å²) in [5.41, 5.74) is 2.82. The lowest BCUT2D eigenvalue weighted by molar-refractivity contribution is 0.108. The number of rotatable bonds is 6. The first-order valence-electron chi connectivity index (χ1n) is 10.1. The van der Waals surface area contributed by atoms with Gasteiger partial charge in [0.2, 0.25) is 16.8 Å². The smallest absolute Gasteiger partial charge is 0.329 e. The van der Waals surface area contributed by atoms with Gasteiger partial charge in [0.1, 0.15) is 5.52 Å². The number of hydrogen-bond donors (Lipinski definition) is 2. The summed E-state index contributed by atoms with van der Waals surface area (Å²) in [7, 11) is 4.39. The van der Waals surface area contributed by atoms with E-state index in [1.165, 1.54) is 33.5 Å². The Kier molecular flexibility index (Phi) is 6.88. The average Bonchev–Trinajstić information content (AvgIpc) is 3.30. The van der Waals surface area contributed by atoms with Gasteiger partial charge in [-0.3, -0.25) is 9.52 Å². The maximum Gasteiger partial charge on any atom is 0.329 e. The zero-order valence-electron chi connectivity index (χ0n) is 18.6. The molecule has 0 bridgehead atoms. The quantitative estimate of drug-likeness (QED) is 0.366. The van der Waals surface area contributed by atoms with Crippen LogP contribution in [0.25, 0.3) is 22.6 Å². The maximum atomic E-state index is 12.6. The van der Waals surface area contributed by atoms with Crippen molar-refractivity contribution in [3.8, 4) is 28.7 Å². The number of oxazole rings is 1. The van der Waals surface area contributed by atoms with Crippen molar-refractivity contribution in [1.82, 2.24) is 9.71 Å². The summed E-state index contributed by atoms with van der Waals surface area (Å²) < 4.78 is 24.0. The predicted octanol–water partition coefficient (Wildman–Crippen LogP) is 5.13. The van der Waals surface area contributed by atoms with Gasteiger partial charge < -0.3 is 23.9 Å². The average molecular weight is 480 g/mol. The Hall–Kier alpha value is -4.18. The van der Waals surface area contributed by atoms with E-state index in [1.807, 2.05) is 30.3 Å². The molecule has 0 atom stereocenters. The molecule has 0 fully saturated rings. The molecule has 10 heteroatoms. The van der Waals surface area contributed by atoms with Gasteiger partial charge in [0, 0.05) is 28.8 Å². The van der Waals surface area contributed by atoms with Crippen LogP contribution in [0.2, 0.25) is 0 Å². The SMILES string of the molecule is COc1cc(C(=O)SNC(=O)Nc2ccc3oc(-c4ccccc4)nc3c2)cc(OC)c1OC. The number of benzene rings is 3. The second-order valence-electron chi connectivity index (χ2n) is 6.93. The van der Waals surface area contributed by atoms with E-state index >= 15 is 0 Å². The summed E-state index contributed by atoms with van der Waals surface area (Å²) in [6.07, 6.45) is 0. The van der Waals surface area contributed by atoms with E-state index in [9.17, 15) is 9.59 Å². The van der Waals surface area contributed by atoms with Crippen LogP contribution < -0.4 is 24.2 Å². The Morgan fingerprint density at radius 3 is 2.26 bits per heavy atom. The zero-order valence-corrected chi connectivity index (χ0v) is 19.4. The van der Waals surface area contributed by atoms with Crippen molar-refractivity contribution in [2.24, 2.45) is 0 Å². The number of urea groups is 1. The second kappa shape index (κ2) is 10.2. The lowest BCUT2D eigenvalue weighted by Gasteiger charge is -2.13. The summed E-state index contributed by atoms with van der Waals surface area (Å²) in [6.45, 7) is 0. The molecule has 9 nitrogen and oxygen atoms in total. The number of carbonyl (C=O) groups excluding carboxylic acids is 2. The van der Waals surface area contributed by atoms with E-state index in [2.05, 4.69) is 15.0 Å². The Morgan fingerprint density at radius 2 is 1.62 bits per heavy atom. The highest BCUT2D eigenvalue weighted by atomic mass is 32.2. The fourth-order valence-corrected chi connectivity index (χ4v) is 3.69. The molecule has 1 aromatic heterocycles. The summed E-state index contributed by atoms with van der Waals surface area (Å²) in [4.78, 5) is 29.4. The fraction of sp³-hybridized carbons (Fsp3) is 0.125. The summed E-state index contributed by atoms with van der Waals surface area (Å²) in [6, 6.07) is 17.1. The van der Waals surface area contributed by atoms with Crippen LogP contribution in [-0.4, -0.2) is 37.5 Å². The topological polar surface area (TPSA) is 112 Å². The Morgan fingerprint density at radius 1 is 0.912 bits per heavy atom. The van der Waals surface area contributed by atoms with Gasteiger partial charge in [-0.15, -0.1) is 0 Å². The molecule has 2 amide bonds. The number of aromatic nitrogens is 1. The number of amides is 2. The molecule has 2 N–H and O–H groups in total. The molecule has 174 valence electrons. The summed E-state index contributed by atoms with van der Waals surface area (Å²) in [5.74, 6) is 1.54. The van der Waals surface area contributed by atoms with E-state index in [4.69, 9.17) is 18.6 Å². The Labute approximate surface area is 199 Å². The van der Waals surface area contributed by atoms with Gasteiger partial charge >= 0.3 is 6.03 Å². The monoisotopic (exact) mass is 479 g/mol. The summed E-state index contributed by atoms with van der Waals surface area (Å²) >= 11 is 0.627. The van der Waals surface area contributed by atoms with Crippen molar-refractivity contribution < 1.29 is 28.2 Å². The number of anilines is 1. The lowest BCUT2D eigenvalue weighted by Crippen LogP contribution is -2.24. The molecule has 1 heterocycles. The first-order chi connectivity index (χ1) is 16.5.